The lowest BCUT2D eigenvalue weighted by atomic mass is 10.2. The van der Waals surface area contributed by atoms with E-state index in [1.54, 1.807) is 19.4 Å². The predicted octanol–water partition coefficient (Wildman–Crippen LogP) is 2.73. The van der Waals surface area contributed by atoms with Crippen LogP contribution in [0.5, 0.6) is 0 Å². The van der Waals surface area contributed by atoms with Crippen LogP contribution in [0.4, 0.5) is 11.4 Å². The fourth-order valence-electron chi connectivity index (χ4n) is 2.76. The molecule has 0 saturated heterocycles. The van der Waals surface area contributed by atoms with Crippen LogP contribution >= 0.6 is 0 Å². The Labute approximate surface area is 136 Å². The first-order chi connectivity index (χ1) is 11.3. The molecule has 1 aliphatic heterocycles. The Morgan fingerprint density at radius 1 is 1.30 bits per heavy atom. The van der Waals surface area contributed by atoms with Crippen molar-refractivity contribution in [3.05, 3.63) is 53.9 Å². The quantitative estimate of drug-likeness (QED) is 0.834. The van der Waals surface area contributed by atoms with Crippen molar-refractivity contribution in [2.24, 2.45) is 0 Å². The van der Waals surface area contributed by atoms with Crippen molar-refractivity contribution in [1.82, 2.24) is 4.98 Å². The maximum atomic E-state index is 12.6. The van der Waals surface area contributed by atoms with E-state index in [0.717, 1.165) is 43.9 Å². The van der Waals surface area contributed by atoms with Crippen molar-refractivity contribution >= 4 is 17.3 Å². The standard InChI is InChI=1S/C18H21N3O2/c1-23-12-4-10-19-15-7-8-16(20-13-15)18(22)21-11-9-14-5-2-3-6-17(14)21/h2-3,5-8,13,19H,4,9-12H2,1H3. The highest BCUT2D eigenvalue weighted by atomic mass is 16.5. The molecule has 2 heterocycles. The van der Waals surface area contributed by atoms with Crippen molar-refractivity contribution in [3.63, 3.8) is 0 Å². The summed E-state index contributed by atoms with van der Waals surface area (Å²) in [6.07, 6.45) is 3.55. The molecule has 0 fully saturated rings. The number of methoxy groups -OCH3 is 1. The number of carbonyl (C=O) groups excluding carboxylic acids is 1. The van der Waals surface area contributed by atoms with Gasteiger partial charge in [0.2, 0.25) is 0 Å². The molecule has 0 unspecified atom stereocenters. The number of para-hydroxylation sites is 1. The fraction of sp³-hybridized carbons (Fsp3) is 0.333. The van der Waals surface area contributed by atoms with E-state index in [-0.39, 0.29) is 5.91 Å². The summed E-state index contributed by atoms with van der Waals surface area (Å²) in [6, 6.07) is 11.7. The lowest BCUT2D eigenvalue weighted by Crippen LogP contribution is -2.29. The molecule has 3 rings (SSSR count). The zero-order valence-electron chi connectivity index (χ0n) is 13.3. The number of pyridine rings is 1. The highest BCUT2D eigenvalue weighted by Gasteiger charge is 2.25. The lowest BCUT2D eigenvalue weighted by Gasteiger charge is -2.17. The number of fused-ring (bicyclic) bond motifs is 1. The van der Waals surface area contributed by atoms with Crippen molar-refractivity contribution in [2.75, 3.05) is 37.0 Å². The van der Waals surface area contributed by atoms with E-state index in [4.69, 9.17) is 4.74 Å². The van der Waals surface area contributed by atoms with Gasteiger partial charge in [-0.15, -0.1) is 0 Å². The molecule has 0 atom stereocenters. The highest BCUT2D eigenvalue weighted by molar-refractivity contribution is 6.06. The van der Waals surface area contributed by atoms with Crippen LogP contribution in [0.3, 0.4) is 0 Å². The second-order valence-corrected chi connectivity index (χ2v) is 5.54. The molecule has 23 heavy (non-hydrogen) atoms. The third-order valence-electron chi connectivity index (χ3n) is 3.97. The Hall–Kier alpha value is -2.40. The summed E-state index contributed by atoms with van der Waals surface area (Å²) in [6.45, 7) is 2.27. The maximum Gasteiger partial charge on any atom is 0.276 e. The SMILES string of the molecule is COCCCNc1ccc(C(=O)N2CCc3ccccc32)nc1. The molecule has 1 N–H and O–H groups in total. The molecule has 1 aromatic heterocycles. The minimum absolute atomic E-state index is 0.0408. The third kappa shape index (κ3) is 3.51. The van der Waals surface area contributed by atoms with Gasteiger partial charge in [-0.25, -0.2) is 4.98 Å². The zero-order valence-corrected chi connectivity index (χ0v) is 13.3. The molecule has 5 heteroatoms. The molecule has 1 amide bonds. The molecule has 120 valence electrons. The maximum absolute atomic E-state index is 12.6. The Kier molecular flexibility index (Phi) is 4.88. The second-order valence-electron chi connectivity index (χ2n) is 5.54. The van der Waals surface area contributed by atoms with Crippen LogP contribution < -0.4 is 10.2 Å². The summed E-state index contributed by atoms with van der Waals surface area (Å²) in [7, 11) is 1.69. The second kappa shape index (κ2) is 7.24. The molecule has 0 radical (unpaired) electrons. The van der Waals surface area contributed by atoms with Gasteiger partial charge in [0.25, 0.3) is 5.91 Å². The summed E-state index contributed by atoms with van der Waals surface area (Å²) in [5, 5.41) is 3.26. The number of nitrogens with one attached hydrogen (secondary N) is 1. The number of hydrogen-bond donors (Lipinski definition) is 1. The molecule has 1 aliphatic rings. The number of carbonyl (C=O) groups is 1. The third-order valence-corrected chi connectivity index (χ3v) is 3.97. The van der Waals surface area contributed by atoms with E-state index < -0.39 is 0 Å². The minimum atomic E-state index is -0.0408. The van der Waals surface area contributed by atoms with Gasteiger partial charge in [0.15, 0.2) is 0 Å². The van der Waals surface area contributed by atoms with Gasteiger partial charge >= 0.3 is 0 Å². The molecular formula is C18H21N3O2. The van der Waals surface area contributed by atoms with Crippen molar-refractivity contribution in [2.45, 2.75) is 12.8 Å². The van der Waals surface area contributed by atoms with Crippen molar-refractivity contribution < 1.29 is 9.53 Å². The Bertz CT molecular complexity index is 670. The van der Waals surface area contributed by atoms with Crippen molar-refractivity contribution in [1.29, 1.82) is 0 Å². The summed E-state index contributed by atoms with van der Waals surface area (Å²) < 4.78 is 5.01. The van der Waals surface area contributed by atoms with Gasteiger partial charge in [-0.3, -0.25) is 4.79 Å². The van der Waals surface area contributed by atoms with Gasteiger partial charge in [0.05, 0.1) is 11.9 Å². The van der Waals surface area contributed by atoms with E-state index in [1.807, 2.05) is 29.2 Å². The number of hydrogen-bond acceptors (Lipinski definition) is 4. The van der Waals surface area contributed by atoms with Gasteiger partial charge in [0, 0.05) is 32.5 Å². The predicted molar refractivity (Wildman–Crippen MR) is 91.0 cm³/mol. The van der Waals surface area contributed by atoms with Crippen LogP contribution in [-0.2, 0) is 11.2 Å². The summed E-state index contributed by atoms with van der Waals surface area (Å²) >= 11 is 0. The monoisotopic (exact) mass is 311 g/mol. The normalized spacial score (nSPS) is 13.0. The Morgan fingerprint density at radius 3 is 2.96 bits per heavy atom. The van der Waals surface area contributed by atoms with Crippen LogP contribution in [0.2, 0.25) is 0 Å². The number of anilines is 2. The van der Waals surface area contributed by atoms with Gasteiger partial charge in [-0.1, -0.05) is 18.2 Å². The number of aromatic nitrogens is 1. The fourth-order valence-corrected chi connectivity index (χ4v) is 2.76. The zero-order chi connectivity index (χ0) is 16.1. The van der Waals surface area contributed by atoms with E-state index in [0.29, 0.717) is 5.69 Å². The molecule has 2 aromatic rings. The average Bonchev–Trinajstić information content (AvgIpc) is 3.03. The number of ether oxygens (including phenoxy) is 1. The highest BCUT2D eigenvalue weighted by Crippen LogP contribution is 2.28. The van der Waals surface area contributed by atoms with Gasteiger partial charge in [-0.2, -0.15) is 0 Å². The van der Waals surface area contributed by atoms with Crippen LogP contribution in [0.15, 0.2) is 42.6 Å². The molecule has 0 spiro atoms. The first kappa shape index (κ1) is 15.5. The number of nitrogens with zero attached hydrogens (tertiary/aromatic N) is 2. The molecule has 5 nitrogen and oxygen atoms in total. The van der Waals surface area contributed by atoms with E-state index in [2.05, 4.69) is 16.4 Å². The van der Waals surface area contributed by atoms with Gasteiger partial charge in [0.1, 0.15) is 5.69 Å². The average molecular weight is 311 g/mol. The van der Waals surface area contributed by atoms with Crippen LogP contribution in [-0.4, -0.2) is 37.7 Å². The molecule has 0 saturated carbocycles. The Balaban J connectivity index is 1.65. The molecular weight excluding hydrogens is 290 g/mol. The summed E-state index contributed by atoms with van der Waals surface area (Å²) in [5.74, 6) is -0.0408. The van der Waals surface area contributed by atoms with Crippen LogP contribution in [0.25, 0.3) is 0 Å². The summed E-state index contributed by atoms with van der Waals surface area (Å²) in [5.41, 5.74) is 3.61. The number of amides is 1. The largest absolute Gasteiger partial charge is 0.385 e. The van der Waals surface area contributed by atoms with Crippen LogP contribution in [0, 0.1) is 0 Å². The molecule has 0 aliphatic carbocycles. The van der Waals surface area contributed by atoms with E-state index in [9.17, 15) is 4.79 Å². The van der Waals surface area contributed by atoms with E-state index >= 15 is 0 Å². The summed E-state index contributed by atoms with van der Waals surface area (Å²) in [4.78, 5) is 18.8. The Morgan fingerprint density at radius 2 is 2.17 bits per heavy atom. The first-order valence-corrected chi connectivity index (χ1v) is 7.88. The van der Waals surface area contributed by atoms with Crippen molar-refractivity contribution in [3.8, 4) is 0 Å². The van der Waals surface area contributed by atoms with Gasteiger partial charge < -0.3 is 15.0 Å². The molecule has 1 aromatic carbocycles. The topological polar surface area (TPSA) is 54.5 Å². The molecule has 0 bridgehead atoms. The van der Waals surface area contributed by atoms with Crippen LogP contribution in [0.1, 0.15) is 22.5 Å². The van der Waals surface area contributed by atoms with E-state index in [1.165, 1.54) is 5.56 Å². The minimum Gasteiger partial charge on any atom is -0.385 e. The number of benzene rings is 1. The first-order valence-electron chi connectivity index (χ1n) is 7.88. The smallest absolute Gasteiger partial charge is 0.276 e. The number of rotatable bonds is 6. The van der Waals surface area contributed by atoms with Gasteiger partial charge in [-0.05, 0) is 36.6 Å². The lowest BCUT2D eigenvalue weighted by molar-refractivity contribution is 0.0984.